The molecule has 0 saturated carbocycles. The number of nitrogens with one attached hydrogen (secondary N) is 2. The van der Waals surface area contributed by atoms with E-state index in [9.17, 15) is 9.32 Å². The highest BCUT2D eigenvalue weighted by Gasteiger charge is 2.13. The van der Waals surface area contributed by atoms with Crippen molar-refractivity contribution in [2.45, 2.75) is 17.9 Å². The van der Waals surface area contributed by atoms with Gasteiger partial charge in [0.15, 0.2) is 0 Å². The van der Waals surface area contributed by atoms with Crippen LogP contribution in [-0.4, -0.2) is 56.4 Å². The Labute approximate surface area is 180 Å². The minimum atomic E-state index is -2.54. The number of rotatable bonds is 9. The number of aromatic nitrogens is 2. The molecule has 3 rings (SSSR count). The predicted molar refractivity (Wildman–Crippen MR) is 122 cm³/mol. The summed E-state index contributed by atoms with van der Waals surface area (Å²) < 4.78 is 16.6. The van der Waals surface area contributed by atoms with Crippen molar-refractivity contribution < 1.29 is 14.4 Å². The number of thiophene rings is 1. The molecular weight excluding hydrogens is 422 g/mol. The fourth-order valence-corrected chi connectivity index (χ4v) is 4.61. The van der Waals surface area contributed by atoms with Crippen LogP contribution in [0.2, 0.25) is 0 Å². The van der Waals surface area contributed by atoms with E-state index in [2.05, 4.69) is 25.0 Å². The molecule has 0 fully saturated rings. The van der Waals surface area contributed by atoms with Crippen LogP contribution in [0, 0.1) is 0 Å². The summed E-state index contributed by atoms with van der Waals surface area (Å²) in [5.74, 6) is 1.03. The predicted octanol–water partition coefficient (Wildman–Crippen LogP) is 3.19. The second kappa shape index (κ2) is 9.98. The Morgan fingerprint density at radius 3 is 2.63 bits per heavy atom. The number of hydrogen-bond donors (Lipinski definition) is 4. The van der Waals surface area contributed by atoms with Gasteiger partial charge in [-0.25, -0.2) is 13.6 Å². The van der Waals surface area contributed by atoms with Crippen molar-refractivity contribution in [2.24, 2.45) is 4.36 Å². The van der Waals surface area contributed by atoms with Crippen molar-refractivity contribution in [3.63, 3.8) is 0 Å². The molecule has 3 aromatic rings. The van der Waals surface area contributed by atoms with E-state index in [1.54, 1.807) is 48.1 Å². The first kappa shape index (κ1) is 22.2. The second-order valence-corrected chi connectivity index (χ2v) is 9.97. The molecule has 1 unspecified atom stereocenters. The summed E-state index contributed by atoms with van der Waals surface area (Å²) in [5, 5.41) is 26.6. The van der Waals surface area contributed by atoms with Gasteiger partial charge in [-0.15, -0.1) is 11.3 Å². The summed E-state index contributed by atoms with van der Waals surface area (Å²) in [4.78, 5) is 10.6. The van der Waals surface area contributed by atoms with Crippen molar-refractivity contribution in [3.05, 3.63) is 48.0 Å². The summed E-state index contributed by atoms with van der Waals surface area (Å²) >= 11 is 1.59. The normalized spacial score (nSPS) is 14.0. The third-order valence-corrected chi connectivity index (χ3v) is 6.94. The smallest absolute Gasteiger partial charge is 0.229 e. The lowest BCUT2D eigenvalue weighted by atomic mass is 10.2. The first-order valence-corrected chi connectivity index (χ1v) is 12.2. The third-order valence-electron chi connectivity index (χ3n) is 4.22. The van der Waals surface area contributed by atoms with Crippen LogP contribution in [0.25, 0.3) is 10.4 Å². The summed E-state index contributed by atoms with van der Waals surface area (Å²) in [6.07, 6.45) is 3.30. The zero-order valence-electron chi connectivity index (χ0n) is 16.8. The highest BCUT2D eigenvalue weighted by atomic mass is 32.2. The maximum absolute atomic E-state index is 12.6. The van der Waals surface area contributed by atoms with Crippen LogP contribution in [-0.2, 0) is 9.73 Å². The zero-order chi connectivity index (χ0) is 21.6. The van der Waals surface area contributed by atoms with E-state index in [0.29, 0.717) is 16.7 Å². The van der Waals surface area contributed by atoms with Crippen molar-refractivity contribution in [2.75, 3.05) is 36.6 Å². The summed E-state index contributed by atoms with van der Waals surface area (Å²) in [6.45, 7) is 1.86. The fourth-order valence-electron chi connectivity index (χ4n) is 2.65. The standard InChI is InChI=1S/C20H25N5O3S2/c1-14(13-27)23-19-17(18-4-3-11-29-18)12-21-20(25-19)24-15-5-7-16(8-6-15)30(2,28)22-9-10-26/h3-8,11-12,14,26-27H,9-10,13H2,1-2H3,(H2,21,23,24,25)/t14-,30?/m1/s1. The van der Waals surface area contributed by atoms with Gasteiger partial charge in [0.1, 0.15) is 5.82 Å². The van der Waals surface area contributed by atoms with Crippen LogP contribution < -0.4 is 10.6 Å². The van der Waals surface area contributed by atoms with Gasteiger partial charge >= 0.3 is 0 Å². The van der Waals surface area contributed by atoms with Gasteiger partial charge < -0.3 is 20.8 Å². The van der Waals surface area contributed by atoms with Crippen LogP contribution in [0.3, 0.4) is 0 Å². The molecule has 0 spiro atoms. The average molecular weight is 448 g/mol. The molecule has 0 aliphatic carbocycles. The van der Waals surface area contributed by atoms with Gasteiger partial charge in [0.05, 0.1) is 35.1 Å². The molecule has 0 saturated heterocycles. The number of aliphatic hydroxyl groups excluding tert-OH is 2. The van der Waals surface area contributed by atoms with E-state index < -0.39 is 9.73 Å². The van der Waals surface area contributed by atoms with Gasteiger partial charge in [-0.2, -0.15) is 4.98 Å². The minimum Gasteiger partial charge on any atom is -0.394 e. The summed E-state index contributed by atoms with van der Waals surface area (Å²) in [5.41, 5.74) is 1.60. The molecule has 0 amide bonds. The van der Waals surface area contributed by atoms with Gasteiger partial charge in [-0.3, -0.25) is 0 Å². The number of anilines is 3. The molecule has 0 bridgehead atoms. The van der Waals surface area contributed by atoms with E-state index in [0.717, 1.165) is 16.1 Å². The maximum Gasteiger partial charge on any atom is 0.229 e. The molecule has 4 N–H and O–H groups in total. The van der Waals surface area contributed by atoms with Crippen molar-refractivity contribution in [3.8, 4) is 10.4 Å². The minimum absolute atomic E-state index is 0.0181. The largest absolute Gasteiger partial charge is 0.394 e. The fraction of sp³-hybridized carbons (Fsp3) is 0.300. The van der Waals surface area contributed by atoms with Gasteiger partial charge in [0.2, 0.25) is 5.95 Å². The molecule has 2 atom stereocenters. The first-order valence-electron chi connectivity index (χ1n) is 9.37. The quantitative estimate of drug-likeness (QED) is 0.398. The van der Waals surface area contributed by atoms with Crippen LogP contribution in [0.5, 0.6) is 0 Å². The molecule has 10 heteroatoms. The molecule has 1 aromatic carbocycles. The van der Waals surface area contributed by atoms with Gasteiger partial charge in [-0.05, 0) is 42.6 Å². The molecule has 30 heavy (non-hydrogen) atoms. The molecule has 2 heterocycles. The Balaban J connectivity index is 1.84. The Hall–Kier alpha value is -2.53. The number of aliphatic hydroxyl groups is 2. The van der Waals surface area contributed by atoms with E-state index in [1.807, 2.05) is 24.4 Å². The highest BCUT2D eigenvalue weighted by Crippen LogP contribution is 2.31. The molecule has 0 aliphatic heterocycles. The van der Waals surface area contributed by atoms with E-state index in [-0.39, 0.29) is 25.8 Å². The van der Waals surface area contributed by atoms with E-state index >= 15 is 0 Å². The molecule has 0 radical (unpaired) electrons. The Morgan fingerprint density at radius 1 is 1.23 bits per heavy atom. The topological polar surface area (TPSA) is 120 Å². The Kier molecular flexibility index (Phi) is 7.38. The monoisotopic (exact) mass is 447 g/mol. The average Bonchev–Trinajstić information content (AvgIpc) is 3.27. The highest BCUT2D eigenvalue weighted by molar-refractivity contribution is 7.93. The van der Waals surface area contributed by atoms with Crippen molar-refractivity contribution >= 4 is 38.5 Å². The lowest BCUT2D eigenvalue weighted by Crippen LogP contribution is -2.21. The number of nitrogens with zero attached hydrogens (tertiary/aromatic N) is 3. The summed E-state index contributed by atoms with van der Waals surface area (Å²) in [6, 6.07) is 10.8. The third kappa shape index (κ3) is 5.54. The van der Waals surface area contributed by atoms with Crippen LogP contribution >= 0.6 is 11.3 Å². The first-order chi connectivity index (χ1) is 14.4. The molecule has 8 nitrogen and oxygen atoms in total. The van der Waals surface area contributed by atoms with Gasteiger partial charge in [0.25, 0.3) is 0 Å². The maximum atomic E-state index is 12.6. The lowest BCUT2D eigenvalue weighted by molar-refractivity contribution is 0.281. The molecular formula is C20H25N5O3S2. The van der Waals surface area contributed by atoms with Gasteiger partial charge in [0, 0.05) is 34.0 Å². The van der Waals surface area contributed by atoms with Crippen molar-refractivity contribution in [1.82, 2.24) is 9.97 Å². The van der Waals surface area contributed by atoms with Crippen LogP contribution in [0.4, 0.5) is 17.5 Å². The molecule has 160 valence electrons. The molecule has 0 aliphatic rings. The SMILES string of the molecule is C[C@H](CO)Nc1nc(Nc2ccc(S(C)(=O)=NCCO)cc2)ncc1-c1cccs1. The Morgan fingerprint density at radius 2 is 2.00 bits per heavy atom. The van der Waals surface area contributed by atoms with Crippen LogP contribution in [0.1, 0.15) is 6.92 Å². The van der Waals surface area contributed by atoms with Gasteiger partial charge in [-0.1, -0.05) is 6.07 Å². The van der Waals surface area contributed by atoms with E-state index in [4.69, 9.17) is 5.11 Å². The summed E-state index contributed by atoms with van der Waals surface area (Å²) in [7, 11) is -2.54. The molecule has 2 aromatic heterocycles. The second-order valence-electron chi connectivity index (χ2n) is 6.69. The van der Waals surface area contributed by atoms with Crippen LogP contribution in [0.15, 0.2) is 57.2 Å². The Bertz CT molecular complexity index is 1080. The zero-order valence-corrected chi connectivity index (χ0v) is 18.4. The van der Waals surface area contributed by atoms with E-state index in [1.165, 1.54) is 0 Å². The van der Waals surface area contributed by atoms with Crippen molar-refractivity contribution in [1.29, 1.82) is 0 Å². The lowest BCUT2D eigenvalue weighted by Gasteiger charge is -2.16. The number of hydrogen-bond acceptors (Lipinski definition) is 9. The number of benzene rings is 1.